The molecule has 0 heterocycles. The fraction of sp³-hybridized carbons (Fsp3) is 0.952. The van der Waals surface area contributed by atoms with Crippen LogP contribution in [0.25, 0.3) is 0 Å². The molecule has 2 atom stereocenters. The van der Waals surface area contributed by atoms with E-state index in [1.54, 1.807) is 0 Å². The highest BCUT2D eigenvalue weighted by Gasteiger charge is 2.23. The van der Waals surface area contributed by atoms with E-state index in [0.717, 1.165) is 38.5 Å². The van der Waals surface area contributed by atoms with Gasteiger partial charge >= 0.3 is 13.8 Å². The van der Waals surface area contributed by atoms with Crippen LogP contribution in [0, 0.1) is 0 Å². The van der Waals surface area contributed by atoms with Crippen LogP contribution in [0.1, 0.15) is 226 Å². The molecule has 0 fully saturated rings. The van der Waals surface area contributed by atoms with Gasteiger partial charge < -0.3 is 20.1 Å². The van der Waals surface area contributed by atoms with E-state index in [0.29, 0.717) is 12.8 Å². The van der Waals surface area contributed by atoms with Gasteiger partial charge in [0.15, 0.2) is 0 Å². The van der Waals surface area contributed by atoms with E-state index in [1.807, 2.05) is 0 Å². The van der Waals surface area contributed by atoms with Crippen molar-refractivity contribution in [2.24, 2.45) is 0 Å². The fourth-order valence-corrected chi connectivity index (χ4v) is 7.20. The van der Waals surface area contributed by atoms with E-state index >= 15 is 0 Å². The summed E-state index contributed by atoms with van der Waals surface area (Å²) in [6, 6.07) is 0. The largest absolute Gasteiger partial charge is 0.472 e. The zero-order valence-corrected chi connectivity index (χ0v) is 34.9. The zero-order chi connectivity index (χ0) is 38.2. The van der Waals surface area contributed by atoms with E-state index in [4.69, 9.17) is 13.8 Å². The molecule has 0 aromatic heterocycles. The number of unbranched alkanes of at least 4 members (excludes halogenated alkanes) is 29. The molecule has 3 N–H and O–H groups in total. The van der Waals surface area contributed by atoms with Gasteiger partial charge in [-0.25, -0.2) is 4.57 Å². The maximum absolute atomic E-state index is 12.1. The number of amides is 1. The Kier molecular flexibility index (Phi) is 38.9. The van der Waals surface area contributed by atoms with E-state index in [-0.39, 0.29) is 25.7 Å². The summed E-state index contributed by atoms with van der Waals surface area (Å²) in [6.45, 7) is 3.59. The van der Waals surface area contributed by atoms with Crippen LogP contribution >= 0.6 is 7.82 Å². The van der Waals surface area contributed by atoms with Gasteiger partial charge in [0, 0.05) is 19.4 Å². The lowest BCUT2D eigenvalue weighted by Gasteiger charge is -2.15. The average molecular weight is 762 g/mol. The number of aliphatic hydroxyl groups is 1. The van der Waals surface area contributed by atoms with E-state index in [9.17, 15) is 24.2 Å². The Morgan fingerprint density at radius 3 is 1.25 bits per heavy atom. The van der Waals surface area contributed by atoms with E-state index < -0.39 is 26.5 Å². The van der Waals surface area contributed by atoms with Gasteiger partial charge in [-0.2, -0.15) is 0 Å². The van der Waals surface area contributed by atoms with Crippen LogP contribution in [0.5, 0.6) is 0 Å². The summed E-state index contributed by atoms with van der Waals surface area (Å²) < 4.78 is 26.9. The van der Waals surface area contributed by atoms with Crippen molar-refractivity contribution in [2.45, 2.75) is 232 Å². The van der Waals surface area contributed by atoms with Crippen LogP contribution in [0.2, 0.25) is 0 Å². The van der Waals surface area contributed by atoms with Crippen molar-refractivity contribution >= 4 is 19.7 Å². The normalized spacial score (nSPS) is 13.2. The van der Waals surface area contributed by atoms with Gasteiger partial charge in [0.25, 0.3) is 0 Å². The second kappa shape index (κ2) is 39.7. The van der Waals surface area contributed by atoms with Crippen molar-refractivity contribution in [2.75, 3.05) is 26.4 Å². The average Bonchev–Trinajstić information content (AvgIpc) is 3.13. The summed E-state index contributed by atoms with van der Waals surface area (Å²) in [6.07, 6.45) is 38.9. The summed E-state index contributed by atoms with van der Waals surface area (Å²) in [5.41, 5.74) is 0. The summed E-state index contributed by atoms with van der Waals surface area (Å²) in [5, 5.41) is 12.7. The predicted octanol–water partition coefficient (Wildman–Crippen LogP) is 12.1. The molecule has 0 aliphatic rings. The molecule has 0 spiro atoms. The standard InChI is InChI=1S/C42H84NO8P/c1-3-5-7-9-11-13-15-17-19-20-21-22-24-26-28-30-32-34-41(45)43-36-37-50-52(47,48)51-39-40(44)38-49-42(46)35-33-31-29-27-25-23-18-16-14-12-10-8-6-4-2/h40,44H,3-39H2,1-2H3,(H,43,45)(H,47,48). The molecule has 10 heteroatoms. The van der Waals surface area contributed by atoms with Crippen molar-refractivity contribution < 1.29 is 37.9 Å². The molecule has 0 saturated carbocycles. The molecule has 0 bridgehead atoms. The van der Waals surface area contributed by atoms with Crippen molar-refractivity contribution in [3.05, 3.63) is 0 Å². The number of esters is 1. The van der Waals surface area contributed by atoms with Crippen LogP contribution in [-0.4, -0.2) is 54.3 Å². The van der Waals surface area contributed by atoms with Gasteiger partial charge in [0.05, 0.1) is 13.2 Å². The quantitative estimate of drug-likeness (QED) is 0.0318. The van der Waals surface area contributed by atoms with Crippen LogP contribution in [0.15, 0.2) is 0 Å². The minimum Gasteiger partial charge on any atom is -0.463 e. The molecule has 52 heavy (non-hydrogen) atoms. The van der Waals surface area contributed by atoms with Crippen molar-refractivity contribution in [3.8, 4) is 0 Å². The van der Waals surface area contributed by atoms with Gasteiger partial charge in [-0.15, -0.1) is 0 Å². The highest BCUT2D eigenvalue weighted by Crippen LogP contribution is 2.42. The Hall–Kier alpha value is -0.990. The number of hydrogen-bond donors (Lipinski definition) is 3. The molecule has 2 unspecified atom stereocenters. The maximum Gasteiger partial charge on any atom is 0.472 e. The van der Waals surface area contributed by atoms with Gasteiger partial charge in [0.2, 0.25) is 5.91 Å². The Bertz CT molecular complexity index is 830. The highest BCUT2D eigenvalue weighted by molar-refractivity contribution is 7.47. The third-order valence-electron chi connectivity index (χ3n) is 9.79. The minimum absolute atomic E-state index is 0.0884. The van der Waals surface area contributed by atoms with Crippen molar-refractivity contribution in [1.82, 2.24) is 5.32 Å². The van der Waals surface area contributed by atoms with E-state index in [1.165, 1.54) is 161 Å². The predicted molar refractivity (Wildman–Crippen MR) is 215 cm³/mol. The van der Waals surface area contributed by atoms with Crippen LogP contribution < -0.4 is 5.32 Å². The Labute approximate surface area is 320 Å². The van der Waals surface area contributed by atoms with Crippen LogP contribution in [0.4, 0.5) is 0 Å². The number of carbonyl (C=O) groups is 2. The first kappa shape index (κ1) is 51.0. The Balaban J connectivity index is 3.55. The molecule has 0 saturated heterocycles. The van der Waals surface area contributed by atoms with E-state index in [2.05, 4.69) is 19.2 Å². The lowest BCUT2D eigenvalue weighted by molar-refractivity contribution is -0.147. The number of phosphoric acid groups is 1. The SMILES string of the molecule is CCCCCCCCCCCCCCCCCCCC(=O)NCCOP(=O)(O)OCC(O)COC(=O)CCCCCCCCCCCCCCCC. The van der Waals surface area contributed by atoms with Crippen molar-refractivity contribution in [3.63, 3.8) is 0 Å². The summed E-state index contributed by atoms with van der Waals surface area (Å²) in [7, 11) is -4.41. The first-order valence-electron chi connectivity index (χ1n) is 22.0. The molecule has 0 aromatic rings. The van der Waals surface area contributed by atoms with Crippen LogP contribution in [-0.2, 0) is 27.9 Å². The molecule has 0 aromatic carbocycles. The monoisotopic (exact) mass is 762 g/mol. The molecule has 9 nitrogen and oxygen atoms in total. The molecule has 0 radical (unpaired) electrons. The summed E-state index contributed by atoms with van der Waals surface area (Å²) in [5.74, 6) is -0.503. The summed E-state index contributed by atoms with van der Waals surface area (Å²) in [4.78, 5) is 33.9. The molecule has 0 aliphatic heterocycles. The molecule has 0 aliphatic carbocycles. The Morgan fingerprint density at radius 1 is 0.519 bits per heavy atom. The fourth-order valence-electron chi connectivity index (χ4n) is 6.44. The molecule has 310 valence electrons. The minimum atomic E-state index is -4.41. The molecular weight excluding hydrogens is 677 g/mol. The second-order valence-corrected chi connectivity index (χ2v) is 16.5. The number of ether oxygens (including phenoxy) is 1. The molecule has 0 rings (SSSR count). The molecule has 1 amide bonds. The third-order valence-corrected chi connectivity index (χ3v) is 10.8. The third kappa shape index (κ3) is 40.2. The lowest BCUT2D eigenvalue weighted by atomic mass is 10.0. The number of carbonyl (C=O) groups excluding carboxylic acids is 2. The smallest absolute Gasteiger partial charge is 0.463 e. The van der Waals surface area contributed by atoms with Gasteiger partial charge in [-0.3, -0.25) is 18.6 Å². The lowest BCUT2D eigenvalue weighted by Crippen LogP contribution is -2.27. The van der Waals surface area contributed by atoms with Gasteiger partial charge in [-0.05, 0) is 12.8 Å². The number of hydrogen-bond acceptors (Lipinski definition) is 7. The topological polar surface area (TPSA) is 131 Å². The first-order valence-corrected chi connectivity index (χ1v) is 23.5. The van der Waals surface area contributed by atoms with Crippen molar-refractivity contribution in [1.29, 1.82) is 0 Å². The van der Waals surface area contributed by atoms with Gasteiger partial charge in [-0.1, -0.05) is 200 Å². The number of rotatable bonds is 42. The zero-order valence-electron chi connectivity index (χ0n) is 34.0. The summed E-state index contributed by atoms with van der Waals surface area (Å²) >= 11 is 0. The Morgan fingerprint density at radius 2 is 0.865 bits per heavy atom. The highest BCUT2D eigenvalue weighted by atomic mass is 31.2. The maximum atomic E-state index is 12.1. The van der Waals surface area contributed by atoms with Crippen LogP contribution in [0.3, 0.4) is 0 Å². The molecular formula is C42H84NO8P. The second-order valence-electron chi connectivity index (χ2n) is 15.0. The number of aliphatic hydroxyl groups excluding tert-OH is 1. The number of phosphoric ester groups is 1. The van der Waals surface area contributed by atoms with Gasteiger partial charge in [0.1, 0.15) is 12.7 Å². The number of nitrogens with one attached hydrogen (secondary N) is 1. The first-order chi connectivity index (χ1) is 25.3.